The fourth-order valence-electron chi connectivity index (χ4n) is 3.60. The number of aryl methyl sites for hydroxylation is 1. The van der Waals surface area contributed by atoms with Crippen molar-refractivity contribution in [1.29, 1.82) is 0 Å². The highest BCUT2D eigenvalue weighted by Crippen LogP contribution is 2.23. The van der Waals surface area contributed by atoms with Gasteiger partial charge >= 0.3 is 0 Å². The van der Waals surface area contributed by atoms with Crippen molar-refractivity contribution in [2.24, 2.45) is 5.92 Å². The van der Waals surface area contributed by atoms with Crippen molar-refractivity contribution in [3.63, 3.8) is 0 Å². The summed E-state index contributed by atoms with van der Waals surface area (Å²) in [7, 11) is 0. The molecular weight excluding hydrogens is 298 g/mol. The quantitative estimate of drug-likeness (QED) is 0.776. The number of nitrogens with one attached hydrogen (secondary N) is 2. The second kappa shape index (κ2) is 6.48. The molecule has 1 atom stereocenters. The van der Waals surface area contributed by atoms with Crippen LogP contribution in [0.15, 0.2) is 48.8 Å². The summed E-state index contributed by atoms with van der Waals surface area (Å²) in [6.07, 6.45) is 5.13. The van der Waals surface area contributed by atoms with Gasteiger partial charge in [-0.25, -0.2) is 4.98 Å². The molecule has 1 aliphatic rings. The largest absolute Gasteiger partial charge is 0.356 e. The second-order valence-corrected chi connectivity index (χ2v) is 6.45. The predicted octanol–water partition coefficient (Wildman–Crippen LogP) is 3.03. The summed E-state index contributed by atoms with van der Waals surface area (Å²) in [6, 6.07) is 14.7. The number of imidazole rings is 1. The number of aromatic nitrogens is 2. The lowest BCUT2D eigenvalue weighted by molar-refractivity contribution is -0.125. The highest BCUT2D eigenvalue weighted by atomic mass is 16.1. The van der Waals surface area contributed by atoms with Gasteiger partial charge in [0.2, 0.25) is 5.91 Å². The lowest BCUT2D eigenvalue weighted by Gasteiger charge is -2.20. The Morgan fingerprint density at radius 3 is 3.04 bits per heavy atom. The third-order valence-corrected chi connectivity index (χ3v) is 4.93. The Labute approximate surface area is 141 Å². The molecule has 1 aromatic heterocycles. The summed E-state index contributed by atoms with van der Waals surface area (Å²) in [4.78, 5) is 19.9. The van der Waals surface area contributed by atoms with E-state index in [2.05, 4.69) is 57.7 Å². The minimum Gasteiger partial charge on any atom is -0.356 e. The summed E-state index contributed by atoms with van der Waals surface area (Å²) in [6.45, 7) is 0.680. The van der Waals surface area contributed by atoms with E-state index in [0.717, 1.165) is 37.1 Å². The molecule has 4 heteroatoms. The number of fused-ring (bicyclic) bond motifs is 2. The standard InChI is InChI=1S/C20H21N3O/c24-20(16-8-9-18-19(12-16)23-13-22-18)21-11-10-15-6-3-5-14-4-1-2-7-17(14)15/h1-7,13,16H,8-12H2,(H,21,24)(H,22,23). The first kappa shape index (κ1) is 14.9. The first-order chi connectivity index (χ1) is 11.8. The van der Waals surface area contributed by atoms with Crippen LogP contribution in [0.5, 0.6) is 0 Å². The van der Waals surface area contributed by atoms with Crippen LogP contribution >= 0.6 is 0 Å². The average Bonchev–Trinajstić information content (AvgIpc) is 3.09. The number of H-pyrrole nitrogens is 1. The van der Waals surface area contributed by atoms with Crippen molar-refractivity contribution in [1.82, 2.24) is 15.3 Å². The number of hydrogen-bond acceptors (Lipinski definition) is 2. The Hall–Kier alpha value is -2.62. The molecule has 1 heterocycles. The molecule has 0 fully saturated rings. The van der Waals surface area contributed by atoms with Gasteiger partial charge in [-0.3, -0.25) is 4.79 Å². The van der Waals surface area contributed by atoms with Gasteiger partial charge in [0.15, 0.2) is 0 Å². The zero-order chi connectivity index (χ0) is 16.4. The van der Waals surface area contributed by atoms with Gasteiger partial charge in [-0.15, -0.1) is 0 Å². The number of hydrogen-bond donors (Lipinski definition) is 2. The van der Waals surface area contributed by atoms with E-state index >= 15 is 0 Å². The molecule has 24 heavy (non-hydrogen) atoms. The molecule has 0 bridgehead atoms. The molecule has 4 rings (SSSR count). The molecule has 0 saturated carbocycles. The topological polar surface area (TPSA) is 57.8 Å². The third-order valence-electron chi connectivity index (χ3n) is 4.93. The molecule has 1 aliphatic carbocycles. The fourth-order valence-corrected chi connectivity index (χ4v) is 3.60. The van der Waals surface area contributed by atoms with Crippen molar-refractivity contribution in [3.8, 4) is 0 Å². The maximum absolute atomic E-state index is 12.4. The summed E-state index contributed by atoms with van der Waals surface area (Å²) in [5, 5.41) is 5.64. The van der Waals surface area contributed by atoms with E-state index in [1.165, 1.54) is 16.3 Å². The molecule has 3 aromatic rings. The van der Waals surface area contributed by atoms with E-state index in [1.54, 1.807) is 6.33 Å². The van der Waals surface area contributed by atoms with Crippen LogP contribution in [0.2, 0.25) is 0 Å². The highest BCUT2D eigenvalue weighted by molar-refractivity contribution is 5.85. The van der Waals surface area contributed by atoms with Crippen LogP contribution in [0, 0.1) is 5.92 Å². The number of rotatable bonds is 4. The normalized spacial score (nSPS) is 16.8. The van der Waals surface area contributed by atoms with E-state index in [9.17, 15) is 4.79 Å². The van der Waals surface area contributed by atoms with E-state index in [0.29, 0.717) is 6.54 Å². The summed E-state index contributed by atoms with van der Waals surface area (Å²) in [5.74, 6) is 0.223. The molecule has 0 aliphatic heterocycles. The Morgan fingerprint density at radius 2 is 2.08 bits per heavy atom. The van der Waals surface area contributed by atoms with E-state index < -0.39 is 0 Å². The number of amides is 1. The van der Waals surface area contributed by atoms with E-state index in [1.807, 2.05) is 0 Å². The van der Waals surface area contributed by atoms with Crippen molar-refractivity contribution in [2.45, 2.75) is 25.7 Å². The van der Waals surface area contributed by atoms with Gasteiger partial charge in [0.25, 0.3) is 0 Å². The van der Waals surface area contributed by atoms with Crippen LogP contribution in [-0.4, -0.2) is 22.4 Å². The van der Waals surface area contributed by atoms with Crippen LogP contribution in [-0.2, 0) is 24.1 Å². The van der Waals surface area contributed by atoms with Crippen LogP contribution in [0.1, 0.15) is 23.4 Å². The van der Waals surface area contributed by atoms with Gasteiger partial charge in [0.1, 0.15) is 0 Å². The van der Waals surface area contributed by atoms with E-state index in [4.69, 9.17) is 0 Å². The summed E-state index contributed by atoms with van der Waals surface area (Å²) in [5.41, 5.74) is 3.53. The third kappa shape index (κ3) is 2.92. The molecule has 0 spiro atoms. The van der Waals surface area contributed by atoms with Crippen LogP contribution < -0.4 is 5.32 Å². The number of carbonyl (C=O) groups is 1. The molecule has 1 amide bonds. The second-order valence-electron chi connectivity index (χ2n) is 6.45. The maximum atomic E-state index is 12.4. The van der Waals surface area contributed by atoms with Gasteiger partial charge in [-0.05, 0) is 35.6 Å². The molecular formula is C20H21N3O. The molecule has 122 valence electrons. The minimum atomic E-state index is 0.0606. The van der Waals surface area contributed by atoms with Gasteiger partial charge in [-0.1, -0.05) is 42.5 Å². The summed E-state index contributed by atoms with van der Waals surface area (Å²) < 4.78 is 0. The lowest BCUT2D eigenvalue weighted by atomic mass is 9.89. The fraction of sp³-hybridized carbons (Fsp3) is 0.300. The molecule has 2 N–H and O–H groups in total. The molecule has 0 radical (unpaired) electrons. The number of nitrogens with zero attached hydrogens (tertiary/aromatic N) is 1. The van der Waals surface area contributed by atoms with Crippen molar-refractivity contribution >= 4 is 16.7 Å². The highest BCUT2D eigenvalue weighted by Gasteiger charge is 2.25. The van der Waals surface area contributed by atoms with Crippen LogP contribution in [0.25, 0.3) is 10.8 Å². The lowest BCUT2D eigenvalue weighted by Crippen LogP contribution is -2.35. The zero-order valence-corrected chi connectivity index (χ0v) is 13.6. The SMILES string of the molecule is O=C(NCCc1cccc2ccccc12)C1CCc2nc[nH]c2C1. The maximum Gasteiger partial charge on any atom is 0.223 e. The van der Waals surface area contributed by atoms with Crippen molar-refractivity contribution < 1.29 is 4.79 Å². The average molecular weight is 319 g/mol. The van der Waals surface area contributed by atoms with Gasteiger partial charge < -0.3 is 10.3 Å². The van der Waals surface area contributed by atoms with Gasteiger partial charge in [0, 0.05) is 24.6 Å². The monoisotopic (exact) mass is 319 g/mol. The predicted molar refractivity (Wildman–Crippen MR) is 94.8 cm³/mol. The Morgan fingerprint density at radius 1 is 1.21 bits per heavy atom. The Kier molecular flexibility index (Phi) is 4.03. The van der Waals surface area contributed by atoms with Gasteiger partial charge in [0.05, 0.1) is 12.0 Å². The van der Waals surface area contributed by atoms with Gasteiger partial charge in [-0.2, -0.15) is 0 Å². The smallest absolute Gasteiger partial charge is 0.223 e. The van der Waals surface area contributed by atoms with Crippen molar-refractivity contribution in [2.75, 3.05) is 6.54 Å². The van der Waals surface area contributed by atoms with E-state index in [-0.39, 0.29) is 11.8 Å². The molecule has 4 nitrogen and oxygen atoms in total. The Bertz CT molecular complexity index is 863. The molecule has 2 aromatic carbocycles. The first-order valence-electron chi connectivity index (χ1n) is 8.57. The minimum absolute atomic E-state index is 0.0606. The molecule has 1 unspecified atom stereocenters. The van der Waals surface area contributed by atoms with Crippen LogP contribution in [0.3, 0.4) is 0 Å². The first-order valence-corrected chi connectivity index (χ1v) is 8.57. The Balaban J connectivity index is 1.36. The summed E-state index contributed by atoms with van der Waals surface area (Å²) >= 11 is 0. The number of carbonyl (C=O) groups excluding carboxylic acids is 1. The number of benzene rings is 2. The molecule has 0 saturated heterocycles. The van der Waals surface area contributed by atoms with Crippen LogP contribution in [0.4, 0.5) is 0 Å². The van der Waals surface area contributed by atoms with Crippen molar-refractivity contribution in [3.05, 3.63) is 65.7 Å². The zero-order valence-electron chi connectivity index (χ0n) is 13.6. The number of aromatic amines is 1.